The second-order valence-corrected chi connectivity index (χ2v) is 10.5. The van der Waals surface area contributed by atoms with E-state index in [1.807, 2.05) is 68.4 Å². The quantitative estimate of drug-likeness (QED) is 0.243. The molecule has 0 aromatic heterocycles. The first-order chi connectivity index (χ1) is 18.3. The molecule has 0 radical (unpaired) electrons. The number of thioether (sulfide) groups is 1. The molecular weight excluding hydrogens is 542 g/mol. The molecule has 0 spiro atoms. The molecule has 0 atom stereocenters. The first kappa shape index (κ1) is 27.5. The zero-order valence-electron chi connectivity index (χ0n) is 21.1. The van der Waals surface area contributed by atoms with Crippen LogP contribution in [-0.4, -0.2) is 43.4 Å². The molecule has 1 heterocycles. The molecule has 0 bridgehead atoms. The van der Waals surface area contributed by atoms with Crippen molar-refractivity contribution in [2.75, 3.05) is 42.4 Å². The van der Waals surface area contributed by atoms with Gasteiger partial charge in [0.2, 0.25) is 0 Å². The maximum Gasteiger partial charge on any atom is 0.270 e. The van der Waals surface area contributed by atoms with Crippen molar-refractivity contribution in [3.8, 4) is 11.5 Å². The lowest BCUT2D eigenvalue weighted by Crippen LogP contribution is -2.27. The maximum atomic E-state index is 13.2. The first-order valence-electron chi connectivity index (χ1n) is 11.8. The number of carbonyl (C=O) groups is 2. The van der Waals surface area contributed by atoms with E-state index in [9.17, 15) is 9.59 Å². The van der Waals surface area contributed by atoms with E-state index in [0.29, 0.717) is 38.5 Å². The summed E-state index contributed by atoms with van der Waals surface area (Å²) in [5, 5.41) is 3.02. The Kier molecular flexibility index (Phi) is 8.93. The van der Waals surface area contributed by atoms with Gasteiger partial charge in [-0.2, -0.15) is 0 Å². The van der Waals surface area contributed by atoms with Gasteiger partial charge in [0.05, 0.1) is 22.2 Å². The average Bonchev–Trinajstić information content (AvgIpc) is 3.16. The van der Waals surface area contributed by atoms with Gasteiger partial charge < -0.3 is 19.7 Å². The van der Waals surface area contributed by atoms with E-state index in [-0.39, 0.29) is 29.2 Å². The first-order valence-corrected chi connectivity index (χ1v) is 13.4. The Morgan fingerprint density at radius 1 is 1.11 bits per heavy atom. The summed E-state index contributed by atoms with van der Waals surface area (Å²) in [6, 6.07) is 20.1. The number of nitrogens with zero attached hydrogens (tertiary/aromatic N) is 2. The van der Waals surface area contributed by atoms with Gasteiger partial charge in [0.25, 0.3) is 11.8 Å². The number of ether oxygens (including phenoxy) is 2. The number of thiocarbonyl (C=S) groups is 1. The van der Waals surface area contributed by atoms with E-state index in [1.54, 1.807) is 30.3 Å². The van der Waals surface area contributed by atoms with E-state index >= 15 is 0 Å². The molecule has 4 rings (SSSR count). The van der Waals surface area contributed by atoms with Crippen molar-refractivity contribution in [1.29, 1.82) is 0 Å². The molecular formula is C28H26ClN3O4S2. The highest BCUT2D eigenvalue weighted by Crippen LogP contribution is 2.40. The lowest BCUT2D eigenvalue weighted by atomic mass is 10.1. The molecule has 7 nitrogen and oxygen atoms in total. The molecule has 0 aliphatic carbocycles. The Balaban J connectivity index is 1.52. The summed E-state index contributed by atoms with van der Waals surface area (Å²) < 4.78 is 11.9. The summed E-state index contributed by atoms with van der Waals surface area (Å²) in [5.74, 6) is 0.0709. The van der Waals surface area contributed by atoms with Crippen LogP contribution in [0.4, 0.5) is 17.1 Å². The fraction of sp³-hybridized carbons (Fsp3) is 0.179. The second kappa shape index (κ2) is 12.3. The van der Waals surface area contributed by atoms with Crippen molar-refractivity contribution in [1.82, 2.24) is 0 Å². The third kappa shape index (κ3) is 6.48. The van der Waals surface area contributed by atoms with Crippen LogP contribution in [0, 0.1) is 0 Å². The number of nitrogens with one attached hydrogen (secondary N) is 1. The van der Waals surface area contributed by atoms with Crippen LogP contribution in [0.2, 0.25) is 5.02 Å². The molecule has 3 aromatic rings. The van der Waals surface area contributed by atoms with Gasteiger partial charge in [-0.25, -0.2) is 0 Å². The highest BCUT2D eigenvalue weighted by atomic mass is 35.5. The van der Waals surface area contributed by atoms with Crippen molar-refractivity contribution < 1.29 is 19.1 Å². The summed E-state index contributed by atoms with van der Waals surface area (Å²) in [7, 11) is 3.91. The van der Waals surface area contributed by atoms with Crippen molar-refractivity contribution >= 4 is 74.9 Å². The van der Waals surface area contributed by atoms with Crippen molar-refractivity contribution in [3.05, 3.63) is 82.2 Å². The van der Waals surface area contributed by atoms with E-state index < -0.39 is 0 Å². The zero-order valence-corrected chi connectivity index (χ0v) is 23.5. The fourth-order valence-corrected chi connectivity index (χ4v) is 5.24. The topological polar surface area (TPSA) is 71.1 Å². The number of rotatable bonds is 9. The smallest absolute Gasteiger partial charge is 0.270 e. The highest BCUT2D eigenvalue weighted by molar-refractivity contribution is 8.27. The van der Waals surface area contributed by atoms with Gasteiger partial charge in [-0.1, -0.05) is 53.8 Å². The van der Waals surface area contributed by atoms with Gasteiger partial charge in [-0.15, -0.1) is 0 Å². The van der Waals surface area contributed by atoms with Crippen LogP contribution in [0.15, 0.2) is 71.6 Å². The summed E-state index contributed by atoms with van der Waals surface area (Å²) in [6.07, 6.45) is 1.72. The molecule has 1 N–H and O–H groups in total. The standard InChI is InChI=1S/C28H26ClN3O4S2/c1-4-35-23-15-18(14-22(29)26(23)36-17-25(33)30-19-8-6-5-7-9-19)16-24-27(34)32(28(37)38-24)21-12-10-20(11-13-21)31(2)3/h5-16H,4,17H2,1-3H3,(H,30,33)/b24-16-. The van der Waals surface area contributed by atoms with Gasteiger partial charge >= 0.3 is 0 Å². The Labute approximate surface area is 236 Å². The Hall–Kier alpha value is -3.53. The van der Waals surface area contributed by atoms with Gasteiger partial charge in [0.15, 0.2) is 22.4 Å². The summed E-state index contributed by atoms with van der Waals surface area (Å²) in [6.45, 7) is 1.94. The second-order valence-electron chi connectivity index (χ2n) is 8.39. The largest absolute Gasteiger partial charge is 0.490 e. The number of halogens is 1. The van der Waals surface area contributed by atoms with Crippen LogP contribution >= 0.6 is 35.6 Å². The molecule has 3 aromatic carbocycles. The van der Waals surface area contributed by atoms with Crippen LogP contribution in [0.5, 0.6) is 11.5 Å². The van der Waals surface area contributed by atoms with E-state index in [1.165, 1.54) is 16.7 Å². The number of carbonyl (C=O) groups excluding carboxylic acids is 2. The normalized spacial score (nSPS) is 14.1. The number of anilines is 3. The third-order valence-corrected chi connectivity index (χ3v) is 7.04. The average molecular weight is 568 g/mol. The molecule has 1 aliphatic rings. The van der Waals surface area contributed by atoms with Crippen molar-refractivity contribution in [3.63, 3.8) is 0 Å². The molecule has 1 saturated heterocycles. The number of hydrogen-bond donors (Lipinski definition) is 1. The molecule has 1 aliphatic heterocycles. The van der Waals surface area contributed by atoms with Crippen molar-refractivity contribution in [2.24, 2.45) is 0 Å². The Bertz CT molecular complexity index is 1380. The molecule has 196 valence electrons. The minimum atomic E-state index is -0.332. The lowest BCUT2D eigenvalue weighted by molar-refractivity contribution is -0.118. The van der Waals surface area contributed by atoms with Crippen LogP contribution in [-0.2, 0) is 9.59 Å². The van der Waals surface area contributed by atoms with Crippen LogP contribution in [0.3, 0.4) is 0 Å². The van der Waals surface area contributed by atoms with Crippen molar-refractivity contribution in [2.45, 2.75) is 6.92 Å². The fourth-order valence-electron chi connectivity index (χ4n) is 3.67. The minimum absolute atomic E-state index is 0.218. The predicted molar refractivity (Wildman–Crippen MR) is 160 cm³/mol. The van der Waals surface area contributed by atoms with E-state index in [2.05, 4.69) is 5.32 Å². The maximum absolute atomic E-state index is 13.2. The molecule has 1 fully saturated rings. The van der Waals surface area contributed by atoms with Crippen LogP contribution < -0.4 is 24.6 Å². The Morgan fingerprint density at radius 3 is 2.47 bits per heavy atom. The summed E-state index contributed by atoms with van der Waals surface area (Å²) in [5.41, 5.74) is 3.03. The minimum Gasteiger partial charge on any atom is -0.490 e. The number of para-hydroxylation sites is 1. The number of hydrogen-bond acceptors (Lipinski definition) is 7. The molecule has 0 unspecified atom stereocenters. The van der Waals surface area contributed by atoms with Gasteiger partial charge in [0.1, 0.15) is 0 Å². The monoisotopic (exact) mass is 567 g/mol. The predicted octanol–water partition coefficient (Wildman–Crippen LogP) is 6.23. The lowest BCUT2D eigenvalue weighted by Gasteiger charge is -2.17. The molecule has 2 amide bonds. The van der Waals surface area contributed by atoms with E-state index in [0.717, 1.165) is 5.69 Å². The molecule has 10 heteroatoms. The van der Waals surface area contributed by atoms with Gasteiger partial charge in [-0.05, 0) is 67.1 Å². The SMILES string of the molecule is CCOc1cc(/C=C2\SC(=S)N(c3ccc(N(C)C)cc3)C2=O)cc(Cl)c1OCC(=O)Nc1ccccc1. The summed E-state index contributed by atoms with van der Waals surface area (Å²) in [4.78, 5) is 29.5. The van der Waals surface area contributed by atoms with Gasteiger partial charge in [0, 0.05) is 25.5 Å². The third-order valence-electron chi connectivity index (χ3n) is 5.45. The molecule has 0 saturated carbocycles. The number of amides is 2. The summed E-state index contributed by atoms with van der Waals surface area (Å²) >= 11 is 13.3. The zero-order chi connectivity index (χ0) is 27.2. The van der Waals surface area contributed by atoms with E-state index in [4.69, 9.17) is 33.3 Å². The highest BCUT2D eigenvalue weighted by Gasteiger charge is 2.33. The Morgan fingerprint density at radius 2 is 1.82 bits per heavy atom. The van der Waals surface area contributed by atoms with Crippen LogP contribution in [0.1, 0.15) is 12.5 Å². The van der Waals surface area contributed by atoms with Gasteiger partial charge in [-0.3, -0.25) is 14.5 Å². The van der Waals surface area contributed by atoms with Crippen LogP contribution in [0.25, 0.3) is 6.08 Å². The number of benzene rings is 3. The molecule has 38 heavy (non-hydrogen) atoms.